The SMILES string of the molecule is Cc1ccc(C(=O)CC(=O)c2ccccc2[N+](=O)[O-])cc1. The standard InChI is InChI=1S/C16H13NO4/c1-11-6-8-12(9-7-11)15(18)10-16(19)13-4-2-3-5-14(13)17(20)21/h2-9H,10H2,1H3. The normalized spacial score (nSPS) is 10.1. The Hall–Kier alpha value is -2.82. The third-order valence-electron chi connectivity index (χ3n) is 3.10. The van der Waals surface area contributed by atoms with Crippen LogP contribution < -0.4 is 0 Å². The van der Waals surface area contributed by atoms with Gasteiger partial charge in [0, 0.05) is 11.6 Å². The van der Waals surface area contributed by atoms with E-state index in [1.807, 2.05) is 6.92 Å². The Morgan fingerprint density at radius 2 is 1.62 bits per heavy atom. The molecule has 0 radical (unpaired) electrons. The van der Waals surface area contributed by atoms with Gasteiger partial charge in [0.2, 0.25) is 0 Å². The molecule has 0 saturated carbocycles. The van der Waals surface area contributed by atoms with E-state index in [0.717, 1.165) is 5.56 Å². The highest BCUT2D eigenvalue weighted by Crippen LogP contribution is 2.20. The molecule has 0 heterocycles. The number of Topliss-reactive ketones (excluding diaryl/α,β-unsaturated/α-hetero) is 2. The highest BCUT2D eigenvalue weighted by Gasteiger charge is 2.21. The number of nitrogens with zero attached hydrogens (tertiary/aromatic N) is 1. The van der Waals surface area contributed by atoms with Crippen LogP contribution >= 0.6 is 0 Å². The molecule has 0 fully saturated rings. The van der Waals surface area contributed by atoms with Crippen LogP contribution in [-0.4, -0.2) is 16.5 Å². The number of carbonyl (C=O) groups is 2. The van der Waals surface area contributed by atoms with E-state index in [0.29, 0.717) is 5.56 Å². The van der Waals surface area contributed by atoms with Gasteiger partial charge < -0.3 is 0 Å². The summed E-state index contributed by atoms with van der Waals surface area (Å²) in [6, 6.07) is 12.5. The molecule has 106 valence electrons. The number of ketones is 2. The van der Waals surface area contributed by atoms with Gasteiger partial charge in [-0.15, -0.1) is 0 Å². The number of hydrogen-bond acceptors (Lipinski definition) is 4. The molecule has 5 heteroatoms. The molecular formula is C16H13NO4. The van der Waals surface area contributed by atoms with Gasteiger partial charge in [-0.3, -0.25) is 19.7 Å². The quantitative estimate of drug-likeness (QED) is 0.365. The molecule has 2 rings (SSSR count). The first-order valence-electron chi connectivity index (χ1n) is 6.35. The van der Waals surface area contributed by atoms with Crippen LogP contribution in [0.4, 0.5) is 5.69 Å². The second-order valence-corrected chi connectivity index (χ2v) is 4.66. The van der Waals surface area contributed by atoms with Gasteiger partial charge in [-0.05, 0) is 13.0 Å². The summed E-state index contributed by atoms with van der Waals surface area (Å²) in [4.78, 5) is 34.4. The van der Waals surface area contributed by atoms with Crippen LogP contribution in [0.2, 0.25) is 0 Å². The summed E-state index contributed by atoms with van der Waals surface area (Å²) in [6.45, 7) is 1.90. The van der Waals surface area contributed by atoms with Crippen molar-refractivity contribution in [1.29, 1.82) is 0 Å². The summed E-state index contributed by atoms with van der Waals surface area (Å²) < 4.78 is 0. The van der Waals surface area contributed by atoms with E-state index in [4.69, 9.17) is 0 Å². The maximum absolute atomic E-state index is 12.1. The minimum absolute atomic E-state index is 0.0389. The summed E-state index contributed by atoms with van der Waals surface area (Å²) in [5.41, 5.74) is 1.12. The monoisotopic (exact) mass is 283 g/mol. The van der Waals surface area contributed by atoms with Gasteiger partial charge >= 0.3 is 0 Å². The van der Waals surface area contributed by atoms with Gasteiger partial charge in [-0.25, -0.2) is 0 Å². The molecule has 0 spiro atoms. The largest absolute Gasteiger partial charge is 0.294 e. The molecule has 0 atom stereocenters. The zero-order valence-corrected chi connectivity index (χ0v) is 11.4. The third kappa shape index (κ3) is 3.39. The molecule has 0 N–H and O–H groups in total. The minimum Gasteiger partial charge on any atom is -0.294 e. The lowest BCUT2D eigenvalue weighted by atomic mass is 10.00. The predicted octanol–water partition coefficient (Wildman–Crippen LogP) is 3.36. The van der Waals surface area contributed by atoms with E-state index in [9.17, 15) is 19.7 Å². The van der Waals surface area contributed by atoms with E-state index in [-0.39, 0.29) is 23.5 Å². The Bertz CT molecular complexity index is 704. The Morgan fingerprint density at radius 3 is 2.24 bits per heavy atom. The van der Waals surface area contributed by atoms with Crippen molar-refractivity contribution in [2.75, 3.05) is 0 Å². The molecule has 2 aromatic carbocycles. The number of para-hydroxylation sites is 1. The third-order valence-corrected chi connectivity index (χ3v) is 3.10. The Labute approximate surface area is 121 Å². The molecule has 0 bridgehead atoms. The molecule has 2 aromatic rings. The molecule has 0 amide bonds. The van der Waals surface area contributed by atoms with Crippen molar-refractivity contribution in [1.82, 2.24) is 0 Å². The average molecular weight is 283 g/mol. The van der Waals surface area contributed by atoms with Crippen molar-refractivity contribution in [3.63, 3.8) is 0 Å². The average Bonchev–Trinajstić information content (AvgIpc) is 2.47. The summed E-state index contributed by atoms with van der Waals surface area (Å²) in [6.07, 6.45) is -0.381. The number of carbonyl (C=O) groups excluding carboxylic acids is 2. The summed E-state index contributed by atoms with van der Waals surface area (Å²) in [5.74, 6) is -0.897. The van der Waals surface area contributed by atoms with Crippen molar-refractivity contribution in [2.45, 2.75) is 13.3 Å². The van der Waals surface area contributed by atoms with Gasteiger partial charge in [0.05, 0.1) is 16.9 Å². The molecule has 21 heavy (non-hydrogen) atoms. The van der Waals surface area contributed by atoms with Crippen molar-refractivity contribution in [2.24, 2.45) is 0 Å². The van der Waals surface area contributed by atoms with Crippen LogP contribution in [-0.2, 0) is 0 Å². The lowest BCUT2D eigenvalue weighted by Crippen LogP contribution is -2.10. The van der Waals surface area contributed by atoms with Crippen molar-refractivity contribution < 1.29 is 14.5 Å². The first kappa shape index (κ1) is 14.6. The lowest BCUT2D eigenvalue weighted by molar-refractivity contribution is -0.385. The number of hydrogen-bond donors (Lipinski definition) is 0. The van der Waals surface area contributed by atoms with Gasteiger partial charge in [0.15, 0.2) is 11.6 Å². The van der Waals surface area contributed by atoms with Gasteiger partial charge in [0.1, 0.15) is 0 Å². The second-order valence-electron chi connectivity index (χ2n) is 4.66. The number of benzene rings is 2. The Kier molecular flexibility index (Phi) is 4.23. The number of rotatable bonds is 5. The lowest BCUT2D eigenvalue weighted by Gasteiger charge is -2.03. The maximum Gasteiger partial charge on any atom is 0.280 e. The zero-order valence-electron chi connectivity index (χ0n) is 11.4. The van der Waals surface area contributed by atoms with Gasteiger partial charge in [-0.1, -0.05) is 42.0 Å². The van der Waals surface area contributed by atoms with Crippen LogP contribution in [0.15, 0.2) is 48.5 Å². The first-order chi connectivity index (χ1) is 9.99. The smallest absolute Gasteiger partial charge is 0.280 e. The zero-order chi connectivity index (χ0) is 15.4. The summed E-state index contributed by atoms with van der Waals surface area (Å²) >= 11 is 0. The highest BCUT2D eigenvalue weighted by molar-refractivity contribution is 6.14. The van der Waals surface area contributed by atoms with Crippen molar-refractivity contribution >= 4 is 17.3 Å². The molecule has 0 aliphatic heterocycles. The second kappa shape index (κ2) is 6.09. The fraction of sp³-hybridized carbons (Fsp3) is 0.125. The maximum atomic E-state index is 12.1. The fourth-order valence-corrected chi connectivity index (χ4v) is 1.95. The molecule has 0 aromatic heterocycles. The van der Waals surface area contributed by atoms with E-state index in [1.165, 1.54) is 24.3 Å². The fourth-order valence-electron chi connectivity index (χ4n) is 1.95. The number of aryl methyl sites for hydroxylation is 1. The molecule has 0 saturated heterocycles. The molecular weight excluding hydrogens is 270 g/mol. The molecule has 0 aliphatic rings. The van der Waals surface area contributed by atoms with Crippen LogP contribution in [0, 0.1) is 17.0 Å². The highest BCUT2D eigenvalue weighted by atomic mass is 16.6. The van der Waals surface area contributed by atoms with Crippen molar-refractivity contribution in [3.8, 4) is 0 Å². The summed E-state index contributed by atoms with van der Waals surface area (Å²) in [5, 5.41) is 10.9. The first-order valence-corrected chi connectivity index (χ1v) is 6.35. The van der Waals surface area contributed by atoms with Crippen molar-refractivity contribution in [3.05, 3.63) is 75.3 Å². The van der Waals surface area contributed by atoms with E-state index in [2.05, 4.69) is 0 Å². The Morgan fingerprint density at radius 1 is 1.00 bits per heavy atom. The van der Waals surface area contributed by atoms with E-state index < -0.39 is 10.7 Å². The number of nitro groups is 1. The predicted molar refractivity (Wildman–Crippen MR) is 77.6 cm³/mol. The molecule has 5 nitrogen and oxygen atoms in total. The molecule has 0 unspecified atom stereocenters. The van der Waals surface area contributed by atoms with Crippen LogP contribution in [0.25, 0.3) is 0 Å². The Balaban J connectivity index is 2.20. The minimum atomic E-state index is -0.621. The topological polar surface area (TPSA) is 77.3 Å². The van der Waals surface area contributed by atoms with E-state index in [1.54, 1.807) is 24.3 Å². The van der Waals surface area contributed by atoms with Crippen LogP contribution in [0.1, 0.15) is 32.7 Å². The number of nitro benzene ring substituents is 1. The van der Waals surface area contributed by atoms with Gasteiger partial charge in [0.25, 0.3) is 5.69 Å². The molecule has 0 aliphatic carbocycles. The van der Waals surface area contributed by atoms with Crippen LogP contribution in [0.5, 0.6) is 0 Å². The van der Waals surface area contributed by atoms with E-state index >= 15 is 0 Å². The summed E-state index contributed by atoms with van der Waals surface area (Å²) in [7, 11) is 0. The van der Waals surface area contributed by atoms with Gasteiger partial charge in [-0.2, -0.15) is 0 Å². The van der Waals surface area contributed by atoms with Crippen LogP contribution in [0.3, 0.4) is 0 Å².